The van der Waals surface area contributed by atoms with E-state index < -0.39 is 0 Å². The Hall–Kier alpha value is -0.860. The summed E-state index contributed by atoms with van der Waals surface area (Å²) in [7, 11) is 2.17. The molecule has 1 saturated heterocycles. The number of likely N-dealkylation sites (tertiary alicyclic amines) is 1. The fourth-order valence-electron chi connectivity index (χ4n) is 2.66. The van der Waals surface area contributed by atoms with Crippen LogP contribution in [0.5, 0.6) is 0 Å². The van der Waals surface area contributed by atoms with Crippen molar-refractivity contribution in [2.45, 2.75) is 18.8 Å². The van der Waals surface area contributed by atoms with Gasteiger partial charge in [0.15, 0.2) is 0 Å². The number of nitrogens with zero attached hydrogens (tertiary/aromatic N) is 1. The van der Waals surface area contributed by atoms with Crippen molar-refractivity contribution in [1.29, 1.82) is 0 Å². The molecule has 0 aliphatic carbocycles. The highest BCUT2D eigenvalue weighted by molar-refractivity contribution is 5.20. The molecule has 0 spiro atoms. The highest BCUT2D eigenvalue weighted by Gasteiger charge is 2.25. The Labute approximate surface area is 97.9 Å². The van der Waals surface area contributed by atoms with Gasteiger partial charge in [-0.25, -0.2) is 0 Å². The molecule has 1 unspecified atom stereocenters. The van der Waals surface area contributed by atoms with Crippen LogP contribution in [0.1, 0.15) is 24.3 Å². The van der Waals surface area contributed by atoms with E-state index in [0.717, 1.165) is 13.1 Å². The van der Waals surface area contributed by atoms with E-state index in [4.69, 9.17) is 0 Å². The van der Waals surface area contributed by atoms with Crippen molar-refractivity contribution in [2.75, 3.05) is 26.7 Å². The normalized spacial score (nSPS) is 20.9. The highest BCUT2D eigenvalue weighted by Crippen LogP contribution is 2.31. The standard InChI is InChI=1S/C14H21NO/c1-15-9-7-13(8-10-15)14(11-16)12-5-3-2-4-6-12/h2-6,13-14,16H,7-11H2,1H3. The number of benzene rings is 1. The van der Waals surface area contributed by atoms with Crippen LogP contribution >= 0.6 is 0 Å². The molecule has 2 rings (SSSR count). The summed E-state index contributed by atoms with van der Waals surface area (Å²) in [6, 6.07) is 10.4. The summed E-state index contributed by atoms with van der Waals surface area (Å²) in [6.07, 6.45) is 2.41. The van der Waals surface area contributed by atoms with Crippen LogP contribution in [0.3, 0.4) is 0 Å². The van der Waals surface area contributed by atoms with E-state index >= 15 is 0 Å². The Morgan fingerprint density at radius 3 is 2.44 bits per heavy atom. The van der Waals surface area contributed by atoms with Gasteiger partial charge in [-0.2, -0.15) is 0 Å². The Morgan fingerprint density at radius 1 is 1.25 bits per heavy atom. The third kappa shape index (κ3) is 2.63. The van der Waals surface area contributed by atoms with E-state index in [2.05, 4.69) is 36.2 Å². The third-order valence-electron chi connectivity index (χ3n) is 3.76. The van der Waals surface area contributed by atoms with E-state index in [-0.39, 0.29) is 6.61 Å². The van der Waals surface area contributed by atoms with Gasteiger partial charge in [-0.1, -0.05) is 30.3 Å². The van der Waals surface area contributed by atoms with Crippen molar-refractivity contribution in [3.63, 3.8) is 0 Å². The summed E-state index contributed by atoms with van der Waals surface area (Å²) in [4.78, 5) is 2.37. The lowest BCUT2D eigenvalue weighted by atomic mass is 9.80. The first-order chi connectivity index (χ1) is 7.81. The molecule has 2 nitrogen and oxygen atoms in total. The van der Waals surface area contributed by atoms with Gasteiger partial charge in [0.2, 0.25) is 0 Å². The van der Waals surface area contributed by atoms with E-state index in [9.17, 15) is 5.11 Å². The van der Waals surface area contributed by atoms with Crippen LogP contribution in [0.15, 0.2) is 30.3 Å². The summed E-state index contributed by atoms with van der Waals surface area (Å²) in [6.45, 7) is 2.60. The van der Waals surface area contributed by atoms with Gasteiger partial charge >= 0.3 is 0 Å². The van der Waals surface area contributed by atoms with Crippen molar-refractivity contribution in [2.24, 2.45) is 5.92 Å². The van der Waals surface area contributed by atoms with Crippen molar-refractivity contribution in [3.8, 4) is 0 Å². The maximum absolute atomic E-state index is 9.58. The smallest absolute Gasteiger partial charge is 0.0502 e. The molecule has 1 aromatic carbocycles. The van der Waals surface area contributed by atoms with Crippen LogP contribution in [0.2, 0.25) is 0 Å². The topological polar surface area (TPSA) is 23.5 Å². The average Bonchev–Trinajstić information content (AvgIpc) is 2.34. The second-order valence-electron chi connectivity index (χ2n) is 4.84. The van der Waals surface area contributed by atoms with Gasteiger partial charge in [0.05, 0.1) is 6.61 Å². The number of rotatable bonds is 3. The molecule has 0 bridgehead atoms. The fraction of sp³-hybridized carbons (Fsp3) is 0.571. The van der Waals surface area contributed by atoms with Crippen LogP contribution in [0.25, 0.3) is 0 Å². The number of aliphatic hydroxyl groups excluding tert-OH is 1. The molecule has 1 aliphatic rings. The summed E-state index contributed by atoms with van der Waals surface area (Å²) in [5.41, 5.74) is 1.29. The van der Waals surface area contributed by atoms with Crippen LogP contribution in [-0.2, 0) is 0 Å². The van der Waals surface area contributed by atoms with Crippen LogP contribution in [0.4, 0.5) is 0 Å². The summed E-state index contributed by atoms with van der Waals surface area (Å²) < 4.78 is 0. The Kier molecular flexibility index (Phi) is 3.97. The summed E-state index contributed by atoms with van der Waals surface area (Å²) in [5, 5.41) is 9.58. The summed E-state index contributed by atoms with van der Waals surface area (Å²) in [5.74, 6) is 0.971. The molecule has 1 aliphatic heterocycles. The Balaban J connectivity index is 2.05. The monoisotopic (exact) mass is 219 g/mol. The van der Waals surface area contributed by atoms with E-state index in [0.29, 0.717) is 11.8 Å². The van der Waals surface area contributed by atoms with E-state index in [1.165, 1.54) is 18.4 Å². The minimum Gasteiger partial charge on any atom is -0.396 e. The van der Waals surface area contributed by atoms with Crippen molar-refractivity contribution in [1.82, 2.24) is 4.90 Å². The predicted octanol–water partition coefficient (Wildman–Crippen LogP) is 2.10. The summed E-state index contributed by atoms with van der Waals surface area (Å²) >= 11 is 0. The predicted molar refractivity (Wildman–Crippen MR) is 66.5 cm³/mol. The minimum atomic E-state index is 0.276. The van der Waals surface area contributed by atoms with Gasteiger partial charge in [-0.05, 0) is 44.5 Å². The van der Waals surface area contributed by atoms with Crippen LogP contribution in [-0.4, -0.2) is 36.8 Å². The average molecular weight is 219 g/mol. The van der Waals surface area contributed by atoms with Crippen molar-refractivity contribution < 1.29 is 5.11 Å². The molecule has 88 valence electrons. The maximum atomic E-state index is 9.58. The molecular formula is C14H21NO. The molecule has 0 radical (unpaired) electrons. The molecule has 1 fully saturated rings. The van der Waals surface area contributed by atoms with Crippen molar-refractivity contribution >= 4 is 0 Å². The Morgan fingerprint density at radius 2 is 1.88 bits per heavy atom. The zero-order chi connectivity index (χ0) is 11.4. The first-order valence-corrected chi connectivity index (χ1v) is 6.15. The quantitative estimate of drug-likeness (QED) is 0.841. The van der Waals surface area contributed by atoms with Gasteiger partial charge < -0.3 is 10.0 Å². The molecule has 1 heterocycles. The number of hydrogen-bond acceptors (Lipinski definition) is 2. The molecule has 0 amide bonds. The van der Waals surface area contributed by atoms with Crippen LogP contribution < -0.4 is 0 Å². The molecule has 0 saturated carbocycles. The van der Waals surface area contributed by atoms with Crippen molar-refractivity contribution in [3.05, 3.63) is 35.9 Å². The van der Waals surface area contributed by atoms with Gasteiger partial charge in [-0.3, -0.25) is 0 Å². The highest BCUT2D eigenvalue weighted by atomic mass is 16.3. The molecule has 2 heteroatoms. The lowest BCUT2D eigenvalue weighted by molar-refractivity contribution is 0.156. The van der Waals surface area contributed by atoms with Crippen LogP contribution in [0, 0.1) is 5.92 Å². The molecule has 1 aromatic rings. The molecule has 0 aromatic heterocycles. The lowest BCUT2D eigenvalue weighted by Gasteiger charge is -2.33. The van der Waals surface area contributed by atoms with E-state index in [1.807, 2.05) is 6.07 Å². The number of aliphatic hydroxyl groups is 1. The Bertz CT molecular complexity index is 304. The zero-order valence-electron chi connectivity index (χ0n) is 9.97. The SMILES string of the molecule is CN1CCC(C(CO)c2ccccc2)CC1. The second kappa shape index (κ2) is 5.46. The largest absolute Gasteiger partial charge is 0.396 e. The minimum absolute atomic E-state index is 0.276. The first-order valence-electron chi connectivity index (χ1n) is 6.15. The zero-order valence-corrected chi connectivity index (χ0v) is 9.97. The van der Waals surface area contributed by atoms with Gasteiger partial charge in [0.1, 0.15) is 0 Å². The van der Waals surface area contributed by atoms with Gasteiger partial charge in [-0.15, -0.1) is 0 Å². The maximum Gasteiger partial charge on any atom is 0.0502 e. The number of hydrogen-bond donors (Lipinski definition) is 1. The molecule has 1 atom stereocenters. The second-order valence-corrected chi connectivity index (χ2v) is 4.84. The number of piperidine rings is 1. The molecule has 16 heavy (non-hydrogen) atoms. The molecular weight excluding hydrogens is 198 g/mol. The first kappa shape index (κ1) is 11.6. The van der Waals surface area contributed by atoms with Gasteiger partial charge in [0, 0.05) is 5.92 Å². The third-order valence-corrected chi connectivity index (χ3v) is 3.76. The van der Waals surface area contributed by atoms with Gasteiger partial charge in [0.25, 0.3) is 0 Å². The lowest BCUT2D eigenvalue weighted by Crippen LogP contribution is -2.33. The molecule has 1 N–H and O–H groups in total. The fourth-order valence-corrected chi connectivity index (χ4v) is 2.66. The van der Waals surface area contributed by atoms with E-state index in [1.54, 1.807) is 0 Å².